The van der Waals surface area contributed by atoms with Crippen LogP contribution in [0.2, 0.25) is 0 Å². The number of fused-ring (bicyclic) bond motifs is 1. The van der Waals surface area contributed by atoms with Crippen LogP contribution in [0.4, 0.5) is 5.82 Å². The van der Waals surface area contributed by atoms with Crippen molar-refractivity contribution in [1.29, 1.82) is 0 Å². The molecule has 7 nitrogen and oxygen atoms in total. The number of amides is 1. The van der Waals surface area contributed by atoms with Crippen LogP contribution < -0.4 is 16.0 Å². The van der Waals surface area contributed by atoms with Crippen molar-refractivity contribution in [1.82, 2.24) is 20.3 Å². The van der Waals surface area contributed by atoms with E-state index in [4.69, 9.17) is 5.73 Å². The van der Waals surface area contributed by atoms with Crippen LogP contribution in [0, 0.1) is 6.92 Å². The molecular weight excluding hydrogens is 348 g/mol. The Morgan fingerprint density at radius 1 is 1.54 bits per heavy atom. The number of H-pyrrole nitrogens is 1. The molecule has 0 bridgehead atoms. The topological polar surface area (TPSA) is 99.9 Å². The number of aromatic nitrogens is 3. The van der Waals surface area contributed by atoms with E-state index in [1.165, 1.54) is 0 Å². The number of halogens is 1. The average Bonchev–Trinajstić information content (AvgIpc) is 2.94. The smallest absolute Gasteiger partial charge is 0.259 e. The van der Waals surface area contributed by atoms with Crippen LogP contribution in [-0.4, -0.2) is 45.7 Å². The maximum absolute atomic E-state index is 12.2. The third kappa shape index (κ3) is 3.82. The first kappa shape index (κ1) is 18.6. The molecule has 24 heavy (non-hydrogen) atoms. The molecule has 1 aliphatic rings. The summed E-state index contributed by atoms with van der Waals surface area (Å²) in [6.45, 7) is 5.14. The molecule has 0 fully saturated rings. The average molecular weight is 369 g/mol. The second-order valence-corrected chi connectivity index (χ2v) is 6.75. The highest BCUT2D eigenvalue weighted by Gasteiger charge is 2.21. The highest BCUT2D eigenvalue weighted by molar-refractivity contribution is 8.04. The van der Waals surface area contributed by atoms with E-state index in [-0.39, 0.29) is 24.4 Å². The summed E-state index contributed by atoms with van der Waals surface area (Å²) >= 11 is 1.55. The lowest BCUT2D eigenvalue weighted by atomic mass is 10.2. The van der Waals surface area contributed by atoms with Crippen molar-refractivity contribution in [3.05, 3.63) is 29.2 Å². The van der Waals surface area contributed by atoms with Crippen molar-refractivity contribution in [2.45, 2.75) is 19.9 Å². The summed E-state index contributed by atoms with van der Waals surface area (Å²) < 4.78 is 0. The number of aryl methyl sites for hydroxylation is 1. The van der Waals surface area contributed by atoms with Crippen LogP contribution in [0.5, 0.6) is 0 Å². The van der Waals surface area contributed by atoms with E-state index in [0.717, 1.165) is 34.7 Å². The third-order valence-corrected chi connectivity index (χ3v) is 4.58. The lowest BCUT2D eigenvalue weighted by molar-refractivity contribution is -0.116. The molecule has 0 radical (unpaired) electrons. The van der Waals surface area contributed by atoms with Gasteiger partial charge in [0.2, 0.25) is 0 Å². The molecular formula is C15H21ClN6OS. The summed E-state index contributed by atoms with van der Waals surface area (Å²) in [6.07, 6.45) is 5.32. The fourth-order valence-corrected chi connectivity index (χ4v) is 3.36. The van der Waals surface area contributed by atoms with Gasteiger partial charge in [-0.3, -0.25) is 4.79 Å². The molecule has 0 unspecified atom stereocenters. The van der Waals surface area contributed by atoms with Crippen LogP contribution in [0.3, 0.4) is 0 Å². The van der Waals surface area contributed by atoms with Crippen molar-refractivity contribution in [3.8, 4) is 0 Å². The van der Waals surface area contributed by atoms with Crippen molar-refractivity contribution >= 4 is 46.9 Å². The summed E-state index contributed by atoms with van der Waals surface area (Å²) in [5.74, 6) is 1.56. The largest absolute Gasteiger partial charge is 0.350 e. The maximum atomic E-state index is 12.2. The minimum atomic E-state index is -0.0897. The van der Waals surface area contributed by atoms with E-state index in [9.17, 15) is 4.79 Å². The number of carbonyl (C=O) groups is 1. The first-order chi connectivity index (χ1) is 11.1. The summed E-state index contributed by atoms with van der Waals surface area (Å²) in [5.41, 5.74) is 7.58. The van der Waals surface area contributed by atoms with E-state index >= 15 is 0 Å². The Bertz CT molecular complexity index is 760. The number of nitrogens with two attached hydrogens (primary N) is 1. The molecule has 4 N–H and O–H groups in total. The number of carbonyl (C=O) groups excluding carboxylic acids is 1. The lowest BCUT2D eigenvalue weighted by Gasteiger charge is -2.25. The Morgan fingerprint density at radius 3 is 3.08 bits per heavy atom. The Labute approximate surface area is 150 Å². The van der Waals surface area contributed by atoms with Gasteiger partial charge in [0.1, 0.15) is 17.8 Å². The molecule has 2 aromatic heterocycles. The number of hydrogen-bond acceptors (Lipinski definition) is 6. The minimum absolute atomic E-state index is 0. The first-order valence-corrected chi connectivity index (χ1v) is 8.48. The number of nitrogens with zero attached hydrogens (tertiary/aromatic N) is 3. The Morgan fingerprint density at radius 2 is 2.33 bits per heavy atom. The zero-order valence-corrected chi connectivity index (χ0v) is 15.2. The molecule has 9 heteroatoms. The standard InChI is InChI=1S/C15H20N6OS.ClH/c1-9-5-17-13-12(9)14(20-8-19-13)21-3-4-23-11(7-21)15(22)18-6-10(2)16;/h5,7-8,10H,3-4,6,16H2,1-2H3,(H,18,22)(H,17,19,20);1H/t10-;/m1./s1. The van der Waals surface area contributed by atoms with E-state index in [1.54, 1.807) is 18.1 Å². The molecule has 1 amide bonds. The molecule has 0 aliphatic carbocycles. The zero-order valence-electron chi connectivity index (χ0n) is 13.6. The molecule has 3 heterocycles. The van der Waals surface area contributed by atoms with Crippen LogP contribution in [0.1, 0.15) is 12.5 Å². The maximum Gasteiger partial charge on any atom is 0.259 e. The first-order valence-electron chi connectivity index (χ1n) is 7.50. The van der Waals surface area contributed by atoms with Gasteiger partial charge in [0.15, 0.2) is 0 Å². The van der Waals surface area contributed by atoms with Gasteiger partial charge in [-0.15, -0.1) is 24.2 Å². The normalized spacial score (nSPS) is 15.6. The van der Waals surface area contributed by atoms with Crippen LogP contribution in [-0.2, 0) is 4.79 Å². The predicted molar refractivity (Wildman–Crippen MR) is 100 cm³/mol. The van der Waals surface area contributed by atoms with E-state index in [1.807, 2.05) is 31.1 Å². The van der Waals surface area contributed by atoms with Crippen LogP contribution >= 0.6 is 24.2 Å². The van der Waals surface area contributed by atoms with Gasteiger partial charge >= 0.3 is 0 Å². The second-order valence-electron chi connectivity index (χ2n) is 5.62. The monoisotopic (exact) mass is 368 g/mol. The van der Waals surface area contributed by atoms with Gasteiger partial charge in [0.05, 0.1) is 10.3 Å². The fraction of sp³-hybridized carbons (Fsp3) is 0.400. The van der Waals surface area contributed by atoms with Gasteiger partial charge in [0.25, 0.3) is 5.91 Å². The molecule has 1 aliphatic heterocycles. The third-order valence-electron chi connectivity index (χ3n) is 3.59. The van der Waals surface area contributed by atoms with Gasteiger partial charge in [0, 0.05) is 37.3 Å². The molecule has 0 saturated carbocycles. The molecule has 130 valence electrons. The second kappa shape index (κ2) is 7.87. The van der Waals surface area contributed by atoms with Crippen molar-refractivity contribution in [2.75, 3.05) is 23.7 Å². The molecule has 0 aromatic carbocycles. The van der Waals surface area contributed by atoms with Crippen LogP contribution in [0.15, 0.2) is 23.6 Å². The van der Waals surface area contributed by atoms with Crippen molar-refractivity contribution in [2.24, 2.45) is 5.73 Å². The van der Waals surface area contributed by atoms with E-state index in [2.05, 4.69) is 20.3 Å². The number of thioether (sulfide) groups is 1. The van der Waals surface area contributed by atoms with Crippen molar-refractivity contribution < 1.29 is 4.79 Å². The summed E-state index contributed by atoms with van der Waals surface area (Å²) in [6, 6.07) is -0.0618. The molecule has 0 saturated heterocycles. The predicted octanol–water partition coefficient (Wildman–Crippen LogP) is 1.55. The van der Waals surface area contributed by atoms with Gasteiger partial charge < -0.3 is 20.9 Å². The zero-order chi connectivity index (χ0) is 16.4. The SMILES string of the molecule is Cc1c[nH]c2ncnc(N3C=C(C(=O)NC[C@@H](C)N)SCC3)c12.Cl. The molecule has 0 spiro atoms. The van der Waals surface area contributed by atoms with Gasteiger partial charge in [-0.25, -0.2) is 9.97 Å². The Hall–Kier alpha value is -1.77. The fourth-order valence-electron chi connectivity index (χ4n) is 2.44. The lowest BCUT2D eigenvalue weighted by Crippen LogP contribution is -2.37. The van der Waals surface area contributed by atoms with Gasteiger partial charge in [-0.2, -0.15) is 0 Å². The number of hydrogen-bond donors (Lipinski definition) is 3. The number of anilines is 1. The molecule has 1 atom stereocenters. The van der Waals surface area contributed by atoms with E-state index in [0.29, 0.717) is 11.4 Å². The summed E-state index contributed by atoms with van der Waals surface area (Å²) in [4.78, 5) is 26.7. The number of nitrogens with one attached hydrogen (secondary N) is 2. The Kier molecular flexibility index (Phi) is 6.09. The van der Waals surface area contributed by atoms with E-state index < -0.39 is 0 Å². The quantitative estimate of drug-likeness (QED) is 0.757. The highest BCUT2D eigenvalue weighted by Crippen LogP contribution is 2.30. The van der Waals surface area contributed by atoms with Gasteiger partial charge in [-0.1, -0.05) is 0 Å². The number of rotatable bonds is 4. The van der Waals surface area contributed by atoms with Gasteiger partial charge in [-0.05, 0) is 19.4 Å². The molecule has 2 aromatic rings. The molecule has 3 rings (SSSR count). The van der Waals surface area contributed by atoms with Crippen LogP contribution in [0.25, 0.3) is 11.0 Å². The Balaban J connectivity index is 0.00000208. The minimum Gasteiger partial charge on any atom is -0.350 e. The van der Waals surface area contributed by atoms with Crippen molar-refractivity contribution in [3.63, 3.8) is 0 Å². The highest BCUT2D eigenvalue weighted by atomic mass is 35.5. The number of aromatic amines is 1. The summed E-state index contributed by atoms with van der Waals surface area (Å²) in [7, 11) is 0. The summed E-state index contributed by atoms with van der Waals surface area (Å²) in [5, 5.41) is 3.84.